The standard InChI is InChI=1S/C18H19ClN2O2/c1-13-3-9-17(10-4-13)21(14(2)22)12-11-20-18(23)15-5-7-16(19)8-6-15/h3-10H,11-12H2,1-2H3,(H,20,23). The Morgan fingerprint density at radius 3 is 2.22 bits per heavy atom. The number of anilines is 1. The van der Waals surface area contributed by atoms with Crippen LogP contribution in [0.5, 0.6) is 0 Å². The van der Waals surface area contributed by atoms with Crippen molar-refractivity contribution in [3.63, 3.8) is 0 Å². The molecule has 2 amide bonds. The second-order valence-electron chi connectivity index (χ2n) is 5.27. The summed E-state index contributed by atoms with van der Waals surface area (Å²) < 4.78 is 0. The molecule has 5 heteroatoms. The number of rotatable bonds is 5. The molecular weight excluding hydrogens is 312 g/mol. The van der Waals surface area contributed by atoms with Crippen LogP contribution in [-0.2, 0) is 4.79 Å². The highest BCUT2D eigenvalue weighted by Gasteiger charge is 2.12. The fourth-order valence-corrected chi connectivity index (χ4v) is 2.30. The normalized spacial score (nSPS) is 10.2. The molecular formula is C18H19ClN2O2. The smallest absolute Gasteiger partial charge is 0.251 e. The van der Waals surface area contributed by atoms with E-state index in [9.17, 15) is 9.59 Å². The number of nitrogens with zero attached hydrogens (tertiary/aromatic N) is 1. The van der Waals surface area contributed by atoms with E-state index in [0.717, 1.165) is 11.3 Å². The van der Waals surface area contributed by atoms with Gasteiger partial charge in [0.05, 0.1) is 0 Å². The van der Waals surface area contributed by atoms with E-state index in [1.165, 1.54) is 6.92 Å². The van der Waals surface area contributed by atoms with E-state index in [2.05, 4.69) is 5.32 Å². The minimum absolute atomic E-state index is 0.0606. The Balaban J connectivity index is 1.94. The van der Waals surface area contributed by atoms with Crippen molar-refractivity contribution in [2.45, 2.75) is 13.8 Å². The maximum absolute atomic E-state index is 12.0. The Morgan fingerprint density at radius 1 is 1.04 bits per heavy atom. The number of hydrogen-bond donors (Lipinski definition) is 1. The Labute approximate surface area is 141 Å². The number of halogens is 1. The summed E-state index contributed by atoms with van der Waals surface area (Å²) >= 11 is 5.80. The second kappa shape index (κ2) is 7.79. The molecule has 4 nitrogen and oxygen atoms in total. The van der Waals surface area contributed by atoms with Gasteiger partial charge in [-0.05, 0) is 43.3 Å². The zero-order chi connectivity index (χ0) is 16.8. The van der Waals surface area contributed by atoms with E-state index >= 15 is 0 Å². The summed E-state index contributed by atoms with van der Waals surface area (Å²) in [5.41, 5.74) is 2.50. The molecule has 23 heavy (non-hydrogen) atoms. The number of aryl methyl sites for hydroxylation is 1. The third kappa shape index (κ3) is 4.83. The van der Waals surface area contributed by atoms with Gasteiger partial charge in [-0.3, -0.25) is 9.59 Å². The van der Waals surface area contributed by atoms with Crippen LogP contribution in [0.3, 0.4) is 0 Å². The van der Waals surface area contributed by atoms with Crippen molar-refractivity contribution >= 4 is 29.1 Å². The molecule has 0 bridgehead atoms. The molecule has 1 N–H and O–H groups in total. The monoisotopic (exact) mass is 330 g/mol. The van der Waals surface area contributed by atoms with Crippen LogP contribution in [0.2, 0.25) is 5.02 Å². The Morgan fingerprint density at radius 2 is 1.65 bits per heavy atom. The number of nitrogens with one attached hydrogen (secondary N) is 1. The molecule has 0 radical (unpaired) electrons. The molecule has 0 aromatic heterocycles. The van der Waals surface area contributed by atoms with Crippen molar-refractivity contribution in [2.75, 3.05) is 18.0 Å². The van der Waals surface area contributed by atoms with Gasteiger partial charge in [0.25, 0.3) is 5.91 Å². The number of carbonyl (C=O) groups is 2. The van der Waals surface area contributed by atoms with E-state index in [1.54, 1.807) is 29.2 Å². The van der Waals surface area contributed by atoms with Crippen molar-refractivity contribution in [3.8, 4) is 0 Å². The lowest BCUT2D eigenvalue weighted by atomic mass is 10.2. The third-order valence-electron chi connectivity index (χ3n) is 3.45. The summed E-state index contributed by atoms with van der Waals surface area (Å²) in [5.74, 6) is -0.247. The first-order valence-corrected chi connectivity index (χ1v) is 7.73. The van der Waals surface area contributed by atoms with Crippen LogP contribution >= 0.6 is 11.6 Å². The van der Waals surface area contributed by atoms with Crippen molar-refractivity contribution in [1.29, 1.82) is 0 Å². The quantitative estimate of drug-likeness (QED) is 0.913. The Hall–Kier alpha value is -2.33. The molecule has 0 atom stereocenters. The fraction of sp³-hybridized carbons (Fsp3) is 0.222. The molecule has 2 rings (SSSR count). The second-order valence-corrected chi connectivity index (χ2v) is 5.71. The maximum Gasteiger partial charge on any atom is 0.251 e. The zero-order valence-corrected chi connectivity index (χ0v) is 13.9. The summed E-state index contributed by atoms with van der Waals surface area (Å²) in [5, 5.41) is 3.40. The van der Waals surface area contributed by atoms with E-state index in [0.29, 0.717) is 23.7 Å². The van der Waals surface area contributed by atoms with Gasteiger partial charge in [0.1, 0.15) is 0 Å². The molecule has 0 saturated carbocycles. The van der Waals surface area contributed by atoms with Crippen LogP contribution in [0.25, 0.3) is 0 Å². The highest BCUT2D eigenvalue weighted by molar-refractivity contribution is 6.30. The number of benzene rings is 2. The number of amides is 2. The molecule has 0 fully saturated rings. The summed E-state index contributed by atoms with van der Waals surface area (Å²) in [4.78, 5) is 25.5. The molecule has 2 aromatic rings. The number of hydrogen-bond acceptors (Lipinski definition) is 2. The van der Waals surface area contributed by atoms with Gasteiger partial charge in [-0.15, -0.1) is 0 Å². The lowest BCUT2D eigenvalue weighted by Gasteiger charge is -2.21. The predicted molar refractivity (Wildman–Crippen MR) is 93.0 cm³/mol. The molecule has 2 aromatic carbocycles. The van der Waals surface area contributed by atoms with E-state index in [4.69, 9.17) is 11.6 Å². The first-order valence-electron chi connectivity index (χ1n) is 7.36. The van der Waals surface area contributed by atoms with Gasteiger partial charge in [-0.2, -0.15) is 0 Å². The fourth-order valence-electron chi connectivity index (χ4n) is 2.18. The van der Waals surface area contributed by atoms with Crippen molar-refractivity contribution in [1.82, 2.24) is 5.32 Å². The predicted octanol–water partition coefficient (Wildman–Crippen LogP) is 3.43. The third-order valence-corrected chi connectivity index (χ3v) is 3.71. The Kier molecular flexibility index (Phi) is 5.77. The summed E-state index contributed by atoms with van der Waals surface area (Å²) in [6, 6.07) is 14.4. The van der Waals surface area contributed by atoms with Crippen molar-refractivity contribution in [2.24, 2.45) is 0 Å². The first-order chi connectivity index (χ1) is 11.0. The van der Waals surface area contributed by atoms with Gasteiger partial charge in [0, 0.05) is 36.3 Å². The topological polar surface area (TPSA) is 49.4 Å². The van der Waals surface area contributed by atoms with E-state index < -0.39 is 0 Å². The SMILES string of the molecule is CC(=O)N(CCNC(=O)c1ccc(Cl)cc1)c1ccc(C)cc1. The first kappa shape index (κ1) is 17.0. The largest absolute Gasteiger partial charge is 0.350 e. The maximum atomic E-state index is 12.0. The minimum atomic E-state index is -0.186. The van der Waals surface area contributed by atoms with Crippen molar-refractivity contribution < 1.29 is 9.59 Å². The highest BCUT2D eigenvalue weighted by atomic mass is 35.5. The summed E-state index contributed by atoms with van der Waals surface area (Å²) in [6.45, 7) is 4.29. The average molecular weight is 331 g/mol. The van der Waals surface area contributed by atoms with E-state index in [-0.39, 0.29) is 11.8 Å². The molecule has 0 aliphatic rings. The van der Waals surface area contributed by atoms with Gasteiger partial charge in [0.15, 0.2) is 0 Å². The molecule has 0 unspecified atom stereocenters. The van der Waals surface area contributed by atoms with Gasteiger partial charge in [-0.25, -0.2) is 0 Å². The van der Waals surface area contributed by atoms with Crippen LogP contribution in [0.1, 0.15) is 22.8 Å². The lowest BCUT2D eigenvalue weighted by molar-refractivity contribution is -0.116. The van der Waals surface area contributed by atoms with Crippen LogP contribution in [0, 0.1) is 6.92 Å². The van der Waals surface area contributed by atoms with Gasteiger partial charge >= 0.3 is 0 Å². The summed E-state index contributed by atoms with van der Waals surface area (Å²) in [7, 11) is 0. The van der Waals surface area contributed by atoms with Crippen LogP contribution in [-0.4, -0.2) is 24.9 Å². The van der Waals surface area contributed by atoms with Crippen LogP contribution in [0.4, 0.5) is 5.69 Å². The molecule has 0 spiro atoms. The molecule has 0 saturated heterocycles. The van der Waals surface area contributed by atoms with E-state index in [1.807, 2.05) is 31.2 Å². The Bertz CT molecular complexity index is 681. The van der Waals surface area contributed by atoms with Crippen molar-refractivity contribution in [3.05, 3.63) is 64.7 Å². The molecule has 120 valence electrons. The minimum Gasteiger partial charge on any atom is -0.350 e. The van der Waals surface area contributed by atoms with Crippen LogP contribution in [0.15, 0.2) is 48.5 Å². The molecule has 0 heterocycles. The molecule has 0 aliphatic carbocycles. The number of carbonyl (C=O) groups excluding carboxylic acids is 2. The highest BCUT2D eigenvalue weighted by Crippen LogP contribution is 2.15. The van der Waals surface area contributed by atoms with Gasteiger partial charge in [-0.1, -0.05) is 29.3 Å². The van der Waals surface area contributed by atoms with Gasteiger partial charge in [0.2, 0.25) is 5.91 Å². The lowest BCUT2D eigenvalue weighted by Crippen LogP contribution is -2.37. The zero-order valence-electron chi connectivity index (χ0n) is 13.2. The van der Waals surface area contributed by atoms with Gasteiger partial charge < -0.3 is 10.2 Å². The average Bonchev–Trinajstić information content (AvgIpc) is 2.53. The summed E-state index contributed by atoms with van der Waals surface area (Å²) in [6.07, 6.45) is 0. The van der Waals surface area contributed by atoms with Crippen LogP contribution < -0.4 is 10.2 Å². The molecule has 0 aliphatic heterocycles.